The van der Waals surface area contributed by atoms with E-state index in [1.165, 1.54) is 12.1 Å². The molecule has 0 amide bonds. The van der Waals surface area contributed by atoms with Crippen molar-refractivity contribution in [1.82, 2.24) is 25.2 Å². The number of rotatable bonds is 6. The van der Waals surface area contributed by atoms with Crippen LogP contribution in [0.1, 0.15) is 24.4 Å². The molecule has 0 fully saturated rings. The maximum atomic E-state index is 13.0. The molecule has 0 aliphatic heterocycles. The Kier molecular flexibility index (Phi) is 7.92. The summed E-state index contributed by atoms with van der Waals surface area (Å²) in [6, 6.07) is 11.5. The van der Waals surface area contributed by atoms with Crippen LogP contribution in [-0.4, -0.2) is 38.8 Å². The molecule has 0 saturated heterocycles. The average Bonchev–Trinajstić information content (AvgIpc) is 3.07. The number of nitrogens with one attached hydrogen (secondary N) is 2. The summed E-state index contributed by atoms with van der Waals surface area (Å²) in [7, 11) is 0. The molecule has 1 aromatic carbocycles. The Labute approximate surface area is 173 Å². The third kappa shape index (κ3) is 5.60. The molecule has 7 nitrogen and oxygen atoms in total. The van der Waals surface area contributed by atoms with Crippen molar-refractivity contribution < 1.29 is 9.50 Å². The molecule has 0 spiro atoms. The number of pyridine rings is 1. The van der Waals surface area contributed by atoms with Gasteiger partial charge in [0, 0.05) is 19.3 Å². The Bertz CT molecular complexity index is 883. The van der Waals surface area contributed by atoms with E-state index in [9.17, 15) is 9.50 Å². The van der Waals surface area contributed by atoms with Gasteiger partial charge in [-0.2, -0.15) is 0 Å². The second kappa shape index (κ2) is 10.2. The topological polar surface area (TPSA) is 86.8 Å². The molecule has 1 atom stereocenters. The molecular formula is C18H22FIN6O. The van der Waals surface area contributed by atoms with Crippen molar-refractivity contribution in [2.75, 3.05) is 13.1 Å². The van der Waals surface area contributed by atoms with Gasteiger partial charge in [0.1, 0.15) is 12.4 Å². The monoisotopic (exact) mass is 484 g/mol. The van der Waals surface area contributed by atoms with Crippen LogP contribution in [0.2, 0.25) is 0 Å². The molecule has 27 heavy (non-hydrogen) atoms. The highest BCUT2D eigenvalue weighted by molar-refractivity contribution is 14.0. The molecule has 1 unspecified atom stereocenters. The van der Waals surface area contributed by atoms with Crippen LogP contribution in [0.15, 0.2) is 53.7 Å². The molecule has 2 heterocycles. The van der Waals surface area contributed by atoms with E-state index < -0.39 is 6.10 Å². The van der Waals surface area contributed by atoms with Crippen LogP contribution in [0.25, 0.3) is 5.65 Å². The lowest BCUT2D eigenvalue weighted by Gasteiger charge is -2.15. The Morgan fingerprint density at radius 2 is 1.96 bits per heavy atom. The number of aliphatic imine (C=N–C) groups is 1. The van der Waals surface area contributed by atoms with E-state index in [0.29, 0.717) is 24.6 Å². The number of fused-ring (bicyclic) bond motifs is 1. The van der Waals surface area contributed by atoms with Crippen LogP contribution >= 0.6 is 24.0 Å². The number of benzene rings is 1. The fraction of sp³-hybridized carbons (Fsp3) is 0.278. The summed E-state index contributed by atoms with van der Waals surface area (Å²) in [5, 5.41) is 24.7. The van der Waals surface area contributed by atoms with Crippen molar-refractivity contribution >= 4 is 35.6 Å². The Morgan fingerprint density at radius 3 is 2.70 bits per heavy atom. The van der Waals surface area contributed by atoms with Gasteiger partial charge in [0.05, 0.1) is 6.10 Å². The summed E-state index contributed by atoms with van der Waals surface area (Å²) in [6.07, 6.45) is 1.12. The predicted molar refractivity (Wildman–Crippen MR) is 113 cm³/mol. The number of hydrogen-bond donors (Lipinski definition) is 3. The van der Waals surface area contributed by atoms with Crippen LogP contribution in [0.3, 0.4) is 0 Å². The van der Waals surface area contributed by atoms with E-state index in [2.05, 4.69) is 25.8 Å². The van der Waals surface area contributed by atoms with E-state index in [-0.39, 0.29) is 36.3 Å². The number of guanidine groups is 1. The molecule has 3 aromatic rings. The first kappa shape index (κ1) is 21.0. The summed E-state index contributed by atoms with van der Waals surface area (Å²) in [5.41, 5.74) is 1.40. The van der Waals surface area contributed by atoms with Gasteiger partial charge in [0.2, 0.25) is 0 Å². The van der Waals surface area contributed by atoms with Gasteiger partial charge in [0.15, 0.2) is 17.4 Å². The number of halogens is 2. The van der Waals surface area contributed by atoms with Gasteiger partial charge in [0.25, 0.3) is 0 Å². The van der Waals surface area contributed by atoms with Gasteiger partial charge in [-0.3, -0.25) is 4.40 Å². The van der Waals surface area contributed by atoms with Gasteiger partial charge < -0.3 is 15.7 Å². The number of aromatic nitrogens is 3. The summed E-state index contributed by atoms with van der Waals surface area (Å²) >= 11 is 0. The van der Waals surface area contributed by atoms with E-state index in [4.69, 9.17) is 0 Å². The number of hydrogen-bond acceptors (Lipinski definition) is 4. The lowest BCUT2D eigenvalue weighted by Crippen LogP contribution is -2.39. The van der Waals surface area contributed by atoms with E-state index in [1.54, 1.807) is 12.1 Å². The first-order valence-corrected chi connectivity index (χ1v) is 8.41. The lowest BCUT2D eigenvalue weighted by atomic mass is 10.1. The van der Waals surface area contributed by atoms with Gasteiger partial charge in [-0.05, 0) is 36.8 Å². The summed E-state index contributed by atoms with van der Waals surface area (Å²) in [5.74, 6) is 0.947. The zero-order valence-corrected chi connectivity index (χ0v) is 17.2. The predicted octanol–water partition coefficient (Wildman–Crippen LogP) is 2.28. The summed E-state index contributed by atoms with van der Waals surface area (Å²) < 4.78 is 14.8. The first-order chi connectivity index (χ1) is 12.7. The third-order valence-electron chi connectivity index (χ3n) is 3.82. The second-order valence-corrected chi connectivity index (χ2v) is 5.69. The fourth-order valence-corrected chi connectivity index (χ4v) is 2.49. The highest BCUT2D eigenvalue weighted by atomic mass is 127. The molecule has 0 aliphatic rings. The van der Waals surface area contributed by atoms with Crippen LogP contribution in [0.4, 0.5) is 4.39 Å². The minimum atomic E-state index is -0.770. The third-order valence-corrected chi connectivity index (χ3v) is 3.82. The molecule has 0 bridgehead atoms. The van der Waals surface area contributed by atoms with Gasteiger partial charge in [-0.15, -0.1) is 34.2 Å². The standard InChI is InChI=1S/C18H21FN6O.HI/c1-2-20-18(21-11-15(26)13-6-8-14(19)9-7-13)22-12-17-24-23-16-5-3-4-10-25(16)17;/h3-10,15,26H,2,11-12H2,1H3,(H2,20,21,22);1H. The lowest BCUT2D eigenvalue weighted by molar-refractivity contribution is 0.180. The molecule has 3 rings (SSSR count). The van der Waals surface area contributed by atoms with Gasteiger partial charge >= 0.3 is 0 Å². The van der Waals surface area contributed by atoms with Crippen molar-refractivity contribution in [3.8, 4) is 0 Å². The van der Waals surface area contributed by atoms with Crippen LogP contribution in [0, 0.1) is 5.82 Å². The average molecular weight is 484 g/mol. The van der Waals surface area contributed by atoms with E-state index in [1.807, 2.05) is 35.7 Å². The first-order valence-electron chi connectivity index (χ1n) is 8.41. The van der Waals surface area contributed by atoms with Crippen molar-refractivity contribution in [1.29, 1.82) is 0 Å². The molecule has 3 N–H and O–H groups in total. The number of aliphatic hydroxyl groups excluding tert-OH is 1. The number of nitrogens with zero attached hydrogens (tertiary/aromatic N) is 4. The molecule has 0 saturated carbocycles. The minimum Gasteiger partial charge on any atom is -0.387 e. The largest absolute Gasteiger partial charge is 0.387 e. The van der Waals surface area contributed by atoms with Crippen molar-refractivity contribution in [2.24, 2.45) is 4.99 Å². The van der Waals surface area contributed by atoms with Gasteiger partial charge in [-0.1, -0.05) is 18.2 Å². The minimum absolute atomic E-state index is 0. The fourth-order valence-electron chi connectivity index (χ4n) is 2.49. The highest BCUT2D eigenvalue weighted by Gasteiger charge is 2.09. The van der Waals surface area contributed by atoms with Crippen LogP contribution in [-0.2, 0) is 6.54 Å². The van der Waals surface area contributed by atoms with E-state index >= 15 is 0 Å². The van der Waals surface area contributed by atoms with Crippen molar-refractivity contribution in [3.63, 3.8) is 0 Å². The molecule has 2 aromatic heterocycles. The maximum Gasteiger partial charge on any atom is 0.191 e. The van der Waals surface area contributed by atoms with Gasteiger partial charge in [-0.25, -0.2) is 9.38 Å². The van der Waals surface area contributed by atoms with Crippen LogP contribution < -0.4 is 10.6 Å². The SMILES string of the molecule is CCNC(=NCc1nnc2ccccn12)NCC(O)c1ccc(F)cc1.I. The molecule has 0 radical (unpaired) electrons. The second-order valence-electron chi connectivity index (χ2n) is 5.69. The Hall–Kier alpha value is -2.27. The van der Waals surface area contributed by atoms with E-state index in [0.717, 1.165) is 11.5 Å². The normalized spacial score (nSPS) is 12.5. The Morgan fingerprint density at radius 1 is 1.19 bits per heavy atom. The maximum absolute atomic E-state index is 13.0. The highest BCUT2D eigenvalue weighted by Crippen LogP contribution is 2.12. The molecule has 144 valence electrons. The van der Waals surface area contributed by atoms with Crippen molar-refractivity contribution in [2.45, 2.75) is 19.6 Å². The zero-order valence-electron chi connectivity index (χ0n) is 14.8. The number of aliphatic hydroxyl groups is 1. The molecule has 9 heteroatoms. The van der Waals surface area contributed by atoms with Crippen LogP contribution in [0.5, 0.6) is 0 Å². The molecular weight excluding hydrogens is 462 g/mol. The summed E-state index contributed by atoms with van der Waals surface area (Å²) in [6.45, 7) is 3.23. The smallest absolute Gasteiger partial charge is 0.191 e. The quantitative estimate of drug-likeness (QED) is 0.284. The molecule has 0 aliphatic carbocycles. The Balaban J connectivity index is 0.00000261. The summed E-state index contributed by atoms with van der Waals surface area (Å²) in [4.78, 5) is 4.49. The zero-order chi connectivity index (χ0) is 18.4. The van der Waals surface area contributed by atoms with Crippen molar-refractivity contribution in [3.05, 3.63) is 65.9 Å².